The average Bonchev–Trinajstić information content (AvgIpc) is 3.34. The molecule has 3 aromatic rings. The largest absolute Gasteiger partial charge is 0.368 e. The third-order valence-electron chi connectivity index (χ3n) is 8.04. The Balaban J connectivity index is 1.20. The molecule has 212 valence electrons. The lowest BCUT2D eigenvalue weighted by Gasteiger charge is -2.39. The summed E-state index contributed by atoms with van der Waals surface area (Å²) in [4.78, 5) is 17.8. The highest BCUT2D eigenvalue weighted by Crippen LogP contribution is 2.30. The number of piperazine rings is 1. The van der Waals surface area contributed by atoms with E-state index in [1.165, 1.54) is 21.1 Å². The van der Waals surface area contributed by atoms with Crippen LogP contribution in [0.3, 0.4) is 0 Å². The molecular weight excluding hydrogens is 524 g/mol. The van der Waals surface area contributed by atoms with Crippen LogP contribution in [0.1, 0.15) is 46.5 Å². The van der Waals surface area contributed by atoms with Crippen LogP contribution >= 0.6 is 0 Å². The van der Waals surface area contributed by atoms with Crippen LogP contribution in [0.15, 0.2) is 51.9 Å². The van der Waals surface area contributed by atoms with Gasteiger partial charge >= 0.3 is 0 Å². The minimum atomic E-state index is -3.82. The Hall–Kier alpha value is -3.43. The molecule has 2 saturated heterocycles. The zero-order valence-electron chi connectivity index (χ0n) is 23.8. The molecule has 2 aromatic carbocycles. The summed E-state index contributed by atoms with van der Waals surface area (Å²) in [5, 5.41) is 3.95. The van der Waals surface area contributed by atoms with Crippen LogP contribution in [0.5, 0.6) is 0 Å². The van der Waals surface area contributed by atoms with E-state index in [2.05, 4.69) is 42.1 Å². The smallest absolute Gasteiger partial charge is 0.248 e. The summed E-state index contributed by atoms with van der Waals surface area (Å²) >= 11 is 0. The molecule has 2 aliphatic heterocycles. The predicted octanol–water partition coefficient (Wildman–Crippen LogP) is 4.83. The number of piperidine rings is 1. The van der Waals surface area contributed by atoms with Crippen LogP contribution in [0, 0.1) is 33.6 Å². The molecule has 5 rings (SSSR count). The molecule has 0 radical (unpaired) electrons. The number of aromatic nitrogens is 1. The van der Waals surface area contributed by atoms with Gasteiger partial charge in [0.1, 0.15) is 5.69 Å². The molecule has 0 bridgehead atoms. The van der Waals surface area contributed by atoms with E-state index in [0.29, 0.717) is 44.7 Å². The van der Waals surface area contributed by atoms with Crippen molar-refractivity contribution in [2.75, 3.05) is 44.2 Å². The van der Waals surface area contributed by atoms with Crippen molar-refractivity contribution < 1.29 is 17.7 Å². The van der Waals surface area contributed by atoms with Gasteiger partial charge < -0.3 is 14.3 Å². The van der Waals surface area contributed by atoms with Crippen molar-refractivity contribution in [2.45, 2.75) is 45.4 Å². The van der Waals surface area contributed by atoms with E-state index < -0.39 is 10.0 Å². The maximum Gasteiger partial charge on any atom is 0.248 e. The third kappa shape index (κ3) is 5.86. The Labute approximate surface area is 237 Å². The summed E-state index contributed by atoms with van der Waals surface area (Å²) in [5.41, 5.74) is 6.15. The number of benzene rings is 2. The predicted molar refractivity (Wildman–Crippen MR) is 158 cm³/mol. The highest BCUT2D eigenvalue weighted by molar-refractivity contribution is 7.89. The molecule has 40 heavy (non-hydrogen) atoms. The topological polar surface area (TPSA) is 87.0 Å². The second-order valence-corrected chi connectivity index (χ2v) is 12.9. The van der Waals surface area contributed by atoms with Crippen LogP contribution in [0.4, 0.5) is 5.69 Å². The molecule has 0 aliphatic carbocycles. The Morgan fingerprint density at radius 3 is 2.20 bits per heavy atom. The van der Waals surface area contributed by atoms with Gasteiger partial charge in [-0.1, -0.05) is 53.2 Å². The SMILES string of the molecule is Cc1ccc(C=Cc2onc(C)c2S(=O)(=O)N2CCC(C(=O)N3CCN(c4cc(C)ccc4C)CC3)CC2)cc1. The van der Waals surface area contributed by atoms with Gasteiger partial charge in [-0.05, 0) is 69.4 Å². The molecule has 0 atom stereocenters. The zero-order valence-corrected chi connectivity index (χ0v) is 24.6. The van der Waals surface area contributed by atoms with E-state index in [1.807, 2.05) is 42.2 Å². The number of anilines is 1. The molecule has 2 fully saturated rings. The molecule has 2 aliphatic rings. The first kappa shape index (κ1) is 28.1. The van der Waals surface area contributed by atoms with Crippen LogP contribution < -0.4 is 4.90 Å². The number of carbonyl (C=O) groups is 1. The summed E-state index contributed by atoms with van der Waals surface area (Å²) in [7, 11) is -3.82. The summed E-state index contributed by atoms with van der Waals surface area (Å²) in [6, 6.07) is 14.4. The highest BCUT2D eigenvalue weighted by atomic mass is 32.2. The van der Waals surface area contributed by atoms with Gasteiger partial charge in [0.15, 0.2) is 10.7 Å². The average molecular weight is 563 g/mol. The summed E-state index contributed by atoms with van der Waals surface area (Å²) in [5.74, 6) is 0.196. The van der Waals surface area contributed by atoms with Gasteiger partial charge in [0, 0.05) is 50.9 Å². The Kier molecular flexibility index (Phi) is 8.14. The first-order valence-corrected chi connectivity index (χ1v) is 15.4. The second-order valence-electron chi connectivity index (χ2n) is 11.0. The van der Waals surface area contributed by atoms with Crippen molar-refractivity contribution in [2.24, 2.45) is 5.92 Å². The number of hydrogen-bond donors (Lipinski definition) is 0. The molecule has 9 heteroatoms. The molecule has 1 aromatic heterocycles. The summed E-state index contributed by atoms with van der Waals surface area (Å²) in [6.07, 6.45) is 4.50. The third-order valence-corrected chi connectivity index (χ3v) is 10.1. The fraction of sp³-hybridized carbons (Fsp3) is 0.419. The van der Waals surface area contributed by atoms with E-state index in [4.69, 9.17) is 4.52 Å². The van der Waals surface area contributed by atoms with E-state index in [9.17, 15) is 13.2 Å². The van der Waals surface area contributed by atoms with Crippen molar-refractivity contribution in [3.63, 3.8) is 0 Å². The van der Waals surface area contributed by atoms with Crippen LogP contribution in [0.25, 0.3) is 12.2 Å². The lowest BCUT2D eigenvalue weighted by Crippen LogP contribution is -2.52. The van der Waals surface area contributed by atoms with E-state index in [-0.39, 0.29) is 22.5 Å². The minimum absolute atomic E-state index is 0.100. The van der Waals surface area contributed by atoms with Crippen molar-refractivity contribution in [1.82, 2.24) is 14.4 Å². The lowest BCUT2D eigenvalue weighted by molar-refractivity contribution is -0.137. The fourth-order valence-corrected chi connectivity index (χ4v) is 7.33. The first-order valence-electron chi connectivity index (χ1n) is 14.0. The maximum atomic E-state index is 13.6. The van der Waals surface area contributed by atoms with Crippen molar-refractivity contribution in [3.8, 4) is 0 Å². The molecule has 0 saturated carbocycles. The second kappa shape index (κ2) is 11.6. The molecule has 1 amide bonds. The van der Waals surface area contributed by atoms with Gasteiger partial charge in [0.25, 0.3) is 0 Å². The number of nitrogens with zero attached hydrogens (tertiary/aromatic N) is 4. The first-order chi connectivity index (χ1) is 19.1. The van der Waals surface area contributed by atoms with E-state index in [0.717, 1.165) is 24.2 Å². The molecule has 0 unspecified atom stereocenters. The number of rotatable bonds is 6. The van der Waals surface area contributed by atoms with Crippen LogP contribution in [0.2, 0.25) is 0 Å². The van der Waals surface area contributed by atoms with Crippen molar-refractivity contribution in [3.05, 3.63) is 76.2 Å². The Bertz CT molecular complexity index is 1490. The molecule has 3 heterocycles. The molecule has 8 nitrogen and oxygen atoms in total. The van der Waals surface area contributed by atoms with Gasteiger partial charge in [-0.2, -0.15) is 4.31 Å². The van der Waals surface area contributed by atoms with Gasteiger partial charge in [0.05, 0.1) is 0 Å². The van der Waals surface area contributed by atoms with Gasteiger partial charge in [-0.25, -0.2) is 8.42 Å². The number of aryl methyl sites for hydroxylation is 4. The van der Waals surface area contributed by atoms with Gasteiger partial charge in [-0.15, -0.1) is 0 Å². The van der Waals surface area contributed by atoms with E-state index in [1.54, 1.807) is 13.0 Å². The summed E-state index contributed by atoms with van der Waals surface area (Å²) in [6.45, 7) is 11.4. The Morgan fingerprint density at radius 2 is 1.52 bits per heavy atom. The van der Waals surface area contributed by atoms with Crippen LogP contribution in [-0.2, 0) is 14.8 Å². The van der Waals surface area contributed by atoms with Crippen molar-refractivity contribution in [1.29, 1.82) is 0 Å². The maximum absolute atomic E-state index is 13.6. The summed E-state index contributed by atoms with van der Waals surface area (Å²) < 4.78 is 34.1. The minimum Gasteiger partial charge on any atom is -0.368 e. The number of carbonyl (C=O) groups excluding carboxylic acids is 1. The monoisotopic (exact) mass is 562 g/mol. The molecule has 0 spiro atoms. The Morgan fingerprint density at radius 1 is 0.875 bits per heavy atom. The molecule has 0 N–H and O–H groups in total. The number of hydrogen-bond acceptors (Lipinski definition) is 6. The molecular formula is C31H38N4O4S. The van der Waals surface area contributed by atoms with Crippen molar-refractivity contribution >= 4 is 33.8 Å². The standard InChI is InChI=1S/C31H38N4O4S/c1-22-6-9-26(10-7-22)11-12-29-30(25(4)32-39-29)40(37,38)35-15-13-27(14-16-35)31(36)34-19-17-33(18-20-34)28-21-23(2)5-8-24(28)3/h5-12,21,27H,13-20H2,1-4H3. The highest BCUT2D eigenvalue weighted by Gasteiger charge is 2.37. The fourth-order valence-electron chi connectivity index (χ4n) is 5.61. The quantitative estimate of drug-likeness (QED) is 0.428. The number of sulfonamides is 1. The number of amides is 1. The lowest BCUT2D eigenvalue weighted by atomic mass is 9.96. The van der Waals surface area contributed by atoms with Crippen LogP contribution in [-0.4, -0.2) is 68.0 Å². The van der Waals surface area contributed by atoms with E-state index >= 15 is 0 Å². The van der Waals surface area contributed by atoms with Gasteiger partial charge in [0.2, 0.25) is 15.9 Å². The van der Waals surface area contributed by atoms with Gasteiger partial charge in [-0.3, -0.25) is 4.79 Å². The zero-order chi connectivity index (χ0) is 28.4. The normalized spacial score (nSPS) is 17.6.